The lowest BCUT2D eigenvalue weighted by Crippen LogP contribution is -2.42. The molecular formula is C32H43N3O2. The summed E-state index contributed by atoms with van der Waals surface area (Å²) in [5.41, 5.74) is 9.99. The van der Waals surface area contributed by atoms with Crippen LogP contribution in [0.25, 0.3) is 0 Å². The van der Waals surface area contributed by atoms with Crippen LogP contribution >= 0.6 is 0 Å². The molecule has 3 fully saturated rings. The van der Waals surface area contributed by atoms with Gasteiger partial charge in [0.1, 0.15) is 0 Å². The van der Waals surface area contributed by atoms with Gasteiger partial charge in [-0.15, -0.1) is 0 Å². The third-order valence-corrected chi connectivity index (χ3v) is 10.3. The summed E-state index contributed by atoms with van der Waals surface area (Å²) in [6.45, 7) is 13.3. The van der Waals surface area contributed by atoms with E-state index in [0.29, 0.717) is 0 Å². The summed E-state index contributed by atoms with van der Waals surface area (Å²) < 4.78 is 0. The van der Waals surface area contributed by atoms with Crippen LogP contribution in [0.15, 0.2) is 48.5 Å². The first-order valence-electron chi connectivity index (χ1n) is 14.0. The van der Waals surface area contributed by atoms with Crippen LogP contribution in [0.4, 0.5) is 0 Å². The lowest BCUT2D eigenvalue weighted by Gasteiger charge is -2.36. The van der Waals surface area contributed by atoms with E-state index in [9.17, 15) is 9.59 Å². The third-order valence-electron chi connectivity index (χ3n) is 10.3. The van der Waals surface area contributed by atoms with Crippen molar-refractivity contribution in [2.24, 2.45) is 22.0 Å². The number of hydrogen-bond donors (Lipinski definition) is 1. The highest BCUT2D eigenvalue weighted by atomic mass is 16.2. The number of carbonyl (C=O) groups is 2. The minimum absolute atomic E-state index is 0.0518. The average Bonchev–Trinajstić information content (AvgIpc) is 3.50. The number of fused-ring (bicyclic) bond motifs is 1. The second kappa shape index (κ2) is 9.58. The van der Waals surface area contributed by atoms with E-state index in [2.05, 4.69) is 47.9 Å². The van der Waals surface area contributed by atoms with E-state index < -0.39 is 5.41 Å². The Morgan fingerprint density at radius 3 is 1.97 bits per heavy atom. The van der Waals surface area contributed by atoms with Crippen LogP contribution in [0.3, 0.4) is 0 Å². The fourth-order valence-corrected chi connectivity index (χ4v) is 7.95. The van der Waals surface area contributed by atoms with Crippen molar-refractivity contribution in [3.63, 3.8) is 0 Å². The molecule has 5 rings (SSSR count). The normalized spacial score (nSPS) is 27.8. The van der Waals surface area contributed by atoms with Crippen LogP contribution in [-0.4, -0.2) is 54.3 Å². The maximum atomic E-state index is 13.6. The molecule has 0 radical (unpaired) electrons. The lowest BCUT2D eigenvalue weighted by molar-refractivity contribution is -0.129. The van der Waals surface area contributed by atoms with Gasteiger partial charge in [0.05, 0.1) is 5.41 Å². The second-order valence-electron chi connectivity index (χ2n) is 12.7. The van der Waals surface area contributed by atoms with Crippen LogP contribution in [0, 0.1) is 30.1 Å². The first-order valence-corrected chi connectivity index (χ1v) is 14.0. The van der Waals surface area contributed by atoms with E-state index in [4.69, 9.17) is 5.73 Å². The van der Waals surface area contributed by atoms with Gasteiger partial charge >= 0.3 is 0 Å². The molecule has 2 aromatic rings. The number of rotatable bonds is 7. The Bertz CT molecular complexity index is 1130. The zero-order chi connectivity index (χ0) is 26.4. The monoisotopic (exact) mass is 501 g/mol. The van der Waals surface area contributed by atoms with Crippen molar-refractivity contribution in [1.82, 2.24) is 9.80 Å². The smallest absolute Gasteiger partial charge is 0.254 e. The van der Waals surface area contributed by atoms with Crippen LogP contribution in [0.2, 0.25) is 0 Å². The summed E-state index contributed by atoms with van der Waals surface area (Å²) in [5, 5.41) is 0. The molecule has 5 nitrogen and oxygen atoms in total. The van der Waals surface area contributed by atoms with Crippen molar-refractivity contribution in [3.8, 4) is 0 Å². The zero-order valence-corrected chi connectivity index (χ0v) is 23.1. The van der Waals surface area contributed by atoms with Crippen molar-refractivity contribution < 1.29 is 9.59 Å². The molecule has 1 saturated carbocycles. The number of nitrogens with zero attached hydrogens (tertiary/aromatic N) is 2. The maximum Gasteiger partial charge on any atom is 0.254 e. The molecule has 2 heterocycles. The van der Waals surface area contributed by atoms with E-state index in [0.717, 1.165) is 81.5 Å². The molecule has 0 aromatic heterocycles. The second-order valence-corrected chi connectivity index (χ2v) is 12.7. The quantitative estimate of drug-likeness (QED) is 0.559. The first-order chi connectivity index (χ1) is 17.6. The Morgan fingerprint density at radius 1 is 0.865 bits per heavy atom. The van der Waals surface area contributed by atoms with Gasteiger partial charge in [-0.3, -0.25) is 9.59 Å². The highest BCUT2D eigenvalue weighted by Gasteiger charge is 2.58. The van der Waals surface area contributed by atoms with Gasteiger partial charge in [-0.05, 0) is 62.3 Å². The number of likely N-dealkylation sites (tertiary alicyclic amines) is 2. The molecule has 198 valence electrons. The van der Waals surface area contributed by atoms with Gasteiger partial charge in [-0.2, -0.15) is 0 Å². The molecule has 5 heteroatoms. The number of carbonyl (C=O) groups excluding carboxylic acids is 2. The molecule has 2 amide bonds. The summed E-state index contributed by atoms with van der Waals surface area (Å²) >= 11 is 0. The van der Waals surface area contributed by atoms with Gasteiger partial charge in [0, 0.05) is 42.6 Å². The molecular weight excluding hydrogens is 458 g/mol. The molecule has 0 spiro atoms. The third kappa shape index (κ3) is 4.39. The van der Waals surface area contributed by atoms with Gasteiger partial charge in [0.15, 0.2) is 0 Å². The number of aryl methyl sites for hydroxylation is 2. The standard InChI is InChI=1S/C32H43N3O2/c1-23-11-10-12-24(2)27(23)28(36)35-21-30(3)19-34(20-31(30,4)22-35)18-15-26(25-13-6-5-7-14-25)32(29(33)37)16-8-9-17-32/h5-7,10-14,26H,8-9,15-22H2,1-4H3,(H2,33,37)/t26-,30?,31?/m0/s1. The molecule has 2 saturated heterocycles. The fraction of sp³-hybridized carbons (Fsp3) is 0.562. The van der Waals surface area contributed by atoms with E-state index in [1.165, 1.54) is 5.56 Å². The van der Waals surface area contributed by atoms with Crippen LogP contribution in [-0.2, 0) is 4.79 Å². The molecule has 37 heavy (non-hydrogen) atoms. The van der Waals surface area contributed by atoms with Gasteiger partial charge in [-0.25, -0.2) is 0 Å². The van der Waals surface area contributed by atoms with Crippen molar-refractivity contribution >= 4 is 11.8 Å². The summed E-state index contributed by atoms with van der Waals surface area (Å²) in [7, 11) is 0. The van der Waals surface area contributed by atoms with Gasteiger partial charge < -0.3 is 15.5 Å². The van der Waals surface area contributed by atoms with Crippen molar-refractivity contribution in [2.75, 3.05) is 32.7 Å². The molecule has 0 bridgehead atoms. The molecule has 2 unspecified atom stereocenters. The average molecular weight is 502 g/mol. The van der Waals surface area contributed by atoms with Crippen LogP contribution in [0.5, 0.6) is 0 Å². The van der Waals surface area contributed by atoms with E-state index in [1.807, 2.05) is 38.1 Å². The van der Waals surface area contributed by atoms with Gasteiger partial charge in [0.2, 0.25) is 5.91 Å². The van der Waals surface area contributed by atoms with Crippen LogP contribution in [0.1, 0.15) is 78.9 Å². The minimum atomic E-state index is -0.431. The van der Waals surface area contributed by atoms with E-state index in [-0.39, 0.29) is 28.6 Å². The van der Waals surface area contributed by atoms with E-state index >= 15 is 0 Å². The van der Waals surface area contributed by atoms with Crippen molar-refractivity contribution in [1.29, 1.82) is 0 Å². The molecule has 2 aliphatic heterocycles. The molecule has 1 aliphatic carbocycles. The van der Waals surface area contributed by atoms with Gasteiger partial charge in [0.25, 0.3) is 5.91 Å². The summed E-state index contributed by atoms with van der Waals surface area (Å²) in [6.07, 6.45) is 4.89. The van der Waals surface area contributed by atoms with Gasteiger partial charge in [-0.1, -0.05) is 75.2 Å². The highest BCUT2D eigenvalue weighted by molar-refractivity contribution is 5.97. The number of benzene rings is 2. The predicted molar refractivity (Wildman–Crippen MR) is 148 cm³/mol. The summed E-state index contributed by atoms with van der Waals surface area (Å²) in [6, 6.07) is 16.6. The highest BCUT2D eigenvalue weighted by Crippen LogP contribution is 2.53. The van der Waals surface area contributed by atoms with E-state index in [1.54, 1.807) is 0 Å². The fourth-order valence-electron chi connectivity index (χ4n) is 7.95. The number of hydrogen-bond acceptors (Lipinski definition) is 3. The SMILES string of the molecule is Cc1cccc(C)c1C(=O)N1CC2(C)CN(CC[C@@H](c3ccccc3)C3(C(N)=O)CCCC3)CC2(C)C1. The van der Waals surface area contributed by atoms with Crippen LogP contribution < -0.4 is 5.73 Å². The summed E-state index contributed by atoms with van der Waals surface area (Å²) in [4.78, 5) is 31.1. The Hall–Kier alpha value is -2.66. The number of amides is 2. The number of primary amides is 1. The molecule has 3 atom stereocenters. The van der Waals surface area contributed by atoms with Crippen molar-refractivity contribution in [2.45, 2.75) is 65.7 Å². The Kier molecular flexibility index (Phi) is 6.72. The zero-order valence-electron chi connectivity index (χ0n) is 23.1. The molecule has 2 aromatic carbocycles. The summed E-state index contributed by atoms with van der Waals surface area (Å²) in [5.74, 6) is 0.196. The Morgan fingerprint density at radius 2 is 1.43 bits per heavy atom. The number of nitrogens with two attached hydrogens (primary N) is 1. The molecule has 2 N–H and O–H groups in total. The predicted octanol–water partition coefficient (Wildman–Crippen LogP) is 5.31. The van der Waals surface area contributed by atoms with Crippen molar-refractivity contribution in [3.05, 3.63) is 70.8 Å². The maximum absolute atomic E-state index is 13.6. The topological polar surface area (TPSA) is 66.6 Å². The minimum Gasteiger partial charge on any atom is -0.369 e. The Labute approximate surface area is 222 Å². The lowest BCUT2D eigenvalue weighted by atomic mass is 9.68. The largest absolute Gasteiger partial charge is 0.369 e. The molecule has 3 aliphatic rings. The Balaban J connectivity index is 1.31. The first kappa shape index (κ1) is 26.0.